The Balaban J connectivity index is 1.68. The molecule has 0 bridgehead atoms. The number of fused-ring (bicyclic) bond motifs is 1. The molecule has 0 N–H and O–H groups in total. The van der Waals surface area contributed by atoms with E-state index in [1.165, 1.54) is 0 Å². The lowest BCUT2D eigenvalue weighted by Crippen LogP contribution is -2.06. The van der Waals surface area contributed by atoms with E-state index in [1.54, 1.807) is 13.2 Å². The van der Waals surface area contributed by atoms with Gasteiger partial charge in [-0.05, 0) is 69.6 Å². The van der Waals surface area contributed by atoms with Gasteiger partial charge < -0.3 is 14.2 Å². The maximum atomic E-state index is 12.5. The molecule has 0 saturated carbocycles. The van der Waals surface area contributed by atoms with E-state index < -0.39 is 5.97 Å². The van der Waals surface area contributed by atoms with E-state index in [1.807, 2.05) is 54.6 Å². The number of methoxy groups -OCH3 is 1. The normalized spacial score (nSPS) is 14.6. The highest BCUT2D eigenvalue weighted by Crippen LogP contribution is 2.35. The molecule has 4 rings (SSSR count). The molecule has 5 nitrogen and oxygen atoms in total. The molecule has 0 spiro atoms. The third kappa shape index (κ3) is 4.58. The van der Waals surface area contributed by atoms with Gasteiger partial charge >= 0.3 is 5.97 Å². The number of nitrogens with zero attached hydrogens (tertiary/aromatic N) is 1. The maximum absolute atomic E-state index is 12.5. The smallest absolute Gasteiger partial charge is 0.363 e. The quantitative estimate of drug-likeness (QED) is 0.164. The Morgan fingerprint density at radius 2 is 1.94 bits per heavy atom. The zero-order chi connectivity index (χ0) is 21.8. The number of halogens is 1. The number of aliphatic imine (C=N–C) groups is 1. The molecule has 0 amide bonds. The second-order valence-electron chi connectivity index (χ2n) is 7.10. The number of hydrogen-bond donors (Lipinski definition) is 0. The maximum Gasteiger partial charge on any atom is 0.363 e. The number of cyclic esters (lactones) is 1. The van der Waals surface area contributed by atoms with E-state index in [-0.39, 0.29) is 5.70 Å². The van der Waals surface area contributed by atoms with E-state index in [0.717, 1.165) is 38.3 Å². The van der Waals surface area contributed by atoms with Crippen LogP contribution in [0.1, 0.15) is 30.9 Å². The summed E-state index contributed by atoms with van der Waals surface area (Å²) in [6.45, 7) is 2.75. The van der Waals surface area contributed by atoms with E-state index in [4.69, 9.17) is 14.2 Å². The summed E-state index contributed by atoms with van der Waals surface area (Å²) in [5.41, 5.74) is 1.83. The van der Waals surface area contributed by atoms with Crippen molar-refractivity contribution in [2.45, 2.75) is 19.8 Å². The van der Waals surface area contributed by atoms with Gasteiger partial charge in [-0.25, -0.2) is 9.79 Å². The number of ether oxygens (including phenoxy) is 3. The van der Waals surface area contributed by atoms with Crippen LogP contribution in [0.2, 0.25) is 0 Å². The average Bonchev–Trinajstić information content (AvgIpc) is 3.14. The van der Waals surface area contributed by atoms with Crippen LogP contribution in [0.25, 0.3) is 16.8 Å². The lowest BCUT2D eigenvalue weighted by molar-refractivity contribution is -0.129. The lowest BCUT2D eigenvalue weighted by atomic mass is 10.0. The van der Waals surface area contributed by atoms with Gasteiger partial charge in [-0.15, -0.1) is 0 Å². The van der Waals surface area contributed by atoms with Gasteiger partial charge in [0.05, 0.1) is 17.3 Å². The molecule has 0 unspecified atom stereocenters. The summed E-state index contributed by atoms with van der Waals surface area (Å²) in [7, 11) is 1.61. The van der Waals surface area contributed by atoms with Gasteiger partial charge in [0.2, 0.25) is 5.90 Å². The predicted molar refractivity (Wildman–Crippen MR) is 131 cm³/mol. The van der Waals surface area contributed by atoms with Gasteiger partial charge in [0.1, 0.15) is 0 Å². The van der Waals surface area contributed by atoms with E-state index in [0.29, 0.717) is 24.0 Å². The van der Waals surface area contributed by atoms with Crippen LogP contribution in [-0.4, -0.2) is 25.6 Å². The van der Waals surface area contributed by atoms with Crippen molar-refractivity contribution in [2.75, 3.05) is 13.7 Å². The SMILES string of the molecule is CCCCOc1c(I)cc(/C=C2\N=C(c3cccc4ccccc34)OC2=O)cc1OC. The summed E-state index contributed by atoms with van der Waals surface area (Å²) in [5.74, 6) is 1.18. The zero-order valence-corrected chi connectivity index (χ0v) is 19.5. The van der Waals surface area contributed by atoms with Crippen molar-refractivity contribution < 1.29 is 19.0 Å². The minimum Gasteiger partial charge on any atom is -0.493 e. The van der Waals surface area contributed by atoms with Crippen LogP contribution in [0.3, 0.4) is 0 Å². The summed E-state index contributed by atoms with van der Waals surface area (Å²) >= 11 is 2.22. The van der Waals surface area contributed by atoms with Crippen LogP contribution >= 0.6 is 22.6 Å². The monoisotopic (exact) mass is 527 g/mol. The van der Waals surface area contributed by atoms with Crippen LogP contribution in [0, 0.1) is 3.57 Å². The molecule has 0 fully saturated rings. The van der Waals surface area contributed by atoms with Crippen LogP contribution in [-0.2, 0) is 9.53 Å². The molecule has 1 heterocycles. The Morgan fingerprint density at radius 3 is 2.74 bits per heavy atom. The highest BCUT2D eigenvalue weighted by Gasteiger charge is 2.25. The van der Waals surface area contributed by atoms with Crippen LogP contribution in [0.5, 0.6) is 11.5 Å². The minimum atomic E-state index is -0.472. The van der Waals surface area contributed by atoms with Gasteiger partial charge in [-0.1, -0.05) is 49.7 Å². The number of carbonyl (C=O) groups is 1. The fourth-order valence-corrected chi connectivity index (χ4v) is 4.16. The first-order valence-electron chi connectivity index (χ1n) is 10.1. The Hall–Kier alpha value is -2.87. The van der Waals surface area contributed by atoms with Gasteiger partial charge in [-0.3, -0.25) is 0 Å². The van der Waals surface area contributed by atoms with Crippen molar-refractivity contribution in [3.05, 3.63) is 75.0 Å². The van der Waals surface area contributed by atoms with Crippen molar-refractivity contribution in [1.82, 2.24) is 0 Å². The van der Waals surface area contributed by atoms with Crippen LogP contribution in [0.15, 0.2) is 65.3 Å². The van der Waals surface area contributed by atoms with Gasteiger partial charge in [0.15, 0.2) is 17.2 Å². The molecule has 1 aliphatic rings. The number of hydrogen-bond acceptors (Lipinski definition) is 5. The van der Waals surface area contributed by atoms with Crippen molar-refractivity contribution in [2.24, 2.45) is 4.99 Å². The molecular weight excluding hydrogens is 505 g/mol. The molecule has 0 radical (unpaired) electrons. The molecule has 0 saturated heterocycles. The molecule has 6 heteroatoms. The second-order valence-corrected chi connectivity index (χ2v) is 8.26. The minimum absolute atomic E-state index is 0.250. The summed E-state index contributed by atoms with van der Waals surface area (Å²) in [4.78, 5) is 17.0. The zero-order valence-electron chi connectivity index (χ0n) is 17.4. The molecule has 1 aliphatic heterocycles. The fraction of sp³-hybridized carbons (Fsp3) is 0.200. The van der Waals surface area contributed by atoms with Crippen molar-refractivity contribution >= 4 is 51.3 Å². The lowest BCUT2D eigenvalue weighted by Gasteiger charge is -2.13. The highest BCUT2D eigenvalue weighted by atomic mass is 127. The summed E-state index contributed by atoms with van der Waals surface area (Å²) in [6, 6.07) is 17.6. The third-order valence-electron chi connectivity index (χ3n) is 4.94. The number of benzene rings is 3. The van der Waals surface area contributed by atoms with E-state index >= 15 is 0 Å². The molecule has 158 valence electrons. The molecule has 3 aromatic carbocycles. The Morgan fingerprint density at radius 1 is 1.13 bits per heavy atom. The first-order valence-corrected chi connectivity index (χ1v) is 11.2. The number of esters is 1. The van der Waals surface area contributed by atoms with Gasteiger partial charge in [0, 0.05) is 5.56 Å². The predicted octanol–water partition coefficient (Wildman–Crippen LogP) is 5.98. The molecule has 0 atom stereocenters. The fourth-order valence-electron chi connectivity index (χ4n) is 3.38. The Kier molecular flexibility index (Phi) is 6.56. The van der Waals surface area contributed by atoms with Crippen molar-refractivity contribution in [3.8, 4) is 11.5 Å². The van der Waals surface area contributed by atoms with Crippen molar-refractivity contribution in [1.29, 1.82) is 0 Å². The molecule has 0 aliphatic carbocycles. The van der Waals surface area contributed by atoms with Crippen LogP contribution in [0.4, 0.5) is 0 Å². The first kappa shape index (κ1) is 21.4. The highest BCUT2D eigenvalue weighted by molar-refractivity contribution is 14.1. The number of carbonyl (C=O) groups excluding carboxylic acids is 1. The molecule has 0 aromatic heterocycles. The van der Waals surface area contributed by atoms with Crippen LogP contribution < -0.4 is 9.47 Å². The Bertz CT molecular complexity index is 1190. The third-order valence-corrected chi connectivity index (χ3v) is 5.74. The molecular formula is C25H22INO4. The number of rotatable bonds is 7. The second kappa shape index (κ2) is 9.51. The Labute approximate surface area is 194 Å². The number of unbranched alkanes of at least 4 members (excludes halogenated alkanes) is 1. The average molecular weight is 527 g/mol. The van der Waals surface area contributed by atoms with Gasteiger partial charge in [-0.2, -0.15) is 0 Å². The van der Waals surface area contributed by atoms with Crippen molar-refractivity contribution in [3.63, 3.8) is 0 Å². The van der Waals surface area contributed by atoms with E-state index in [2.05, 4.69) is 34.5 Å². The summed E-state index contributed by atoms with van der Waals surface area (Å²) in [5, 5.41) is 2.05. The topological polar surface area (TPSA) is 57.1 Å². The van der Waals surface area contributed by atoms with Gasteiger partial charge in [0.25, 0.3) is 0 Å². The molecule has 3 aromatic rings. The van der Waals surface area contributed by atoms with E-state index in [9.17, 15) is 4.79 Å². The molecule has 31 heavy (non-hydrogen) atoms. The standard InChI is InChI=1S/C25H22INO4/c1-3-4-12-30-23-20(26)13-16(15-22(23)29-2)14-21-25(28)31-24(27-21)19-11-7-9-17-8-5-6-10-18(17)19/h5-11,13-15H,3-4,12H2,1-2H3/b21-14-. The summed E-state index contributed by atoms with van der Waals surface area (Å²) in [6.07, 6.45) is 3.74. The first-order chi connectivity index (χ1) is 15.1. The largest absolute Gasteiger partial charge is 0.493 e. The summed E-state index contributed by atoms with van der Waals surface area (Å²) < 4.78 is 17.8.